The second kappa shape index (κ2) is 9.96. The summed E-state index contributed by atoms with van der Waals surface area (Å²) < 4.78 is 25.8. The zero-order valence-electron chi connectivity index (χ0n) is 16.4. The van der Waals surface area contributed by atoms with Crippen LogP contribution in [0.5, 0.6) is 11.5 Å². The van der Waals surface area contributed by atoms with Crippen LogP contribution in [0.2, 0.25) is 0 Å². The Morgan fingerprint density at radius 3 is 2.84 bits per heavy atom. The van der Waals surface area contributed by atoms with Gasteiger partial charge in [0.1, 0.15) is 31.4 Å². The Hall–Kier alpha value is -4.28. The molecule has 0 radical (unpaired) electrons. The maximum Gasteiger partial charge on any atom is 0.307 e. The molecule has 3 aromatic rings. The van der Waals surface area contributed by atoms with Crippen molar-refractivity contribution in [3.05, 3.63) is 81.9 Å². The van der Waals surface area contributed by atoms with Gasteiger partial charge in [0.2, 0.25) is 0 Å². The van der Waals surface area contributed by atoms with Gasteiger partial charge in [0.15, 0.2) is 11.5 Å². The summed E-state index contributed by atoms with van der Waals surface area (Å²) in [5.74, 6) is -0.0283. The van der Waals surface area contributed by atoms with E-state index < -0.39 is 10.8 Å². The summed E-state index contributed by atoms with van der Waals surface area (Å²) in [6.45, 7) is -0.185. The summed E-state index contributed by atoms with van der Waals surface area (Å²) in [4.78, 5) is 21.9. The lowest BCUT2D eigenvalue weighted by atomic mass is 10.2. The largest absolute Gasteiger partial charge is 0.493 e. The SMILES string of the molecule is COc1cc(/C=N/NC(=O)Cn2cc([N+](=O)[O-])cn2)ccc1OCc1ccccc1F. The predicted molar refractivity (Wildman–Crippen MR) is 108 cm³/mol. The molecule has 0 aliphatic rings. The molecule has 1 N–H and O–H groups in total. The number of rotatable bonds is 9. The van der Waals surface area contributed by atoms with Crippen molar-refractivity contribution < 1.29 is 23.6 Å². The van der Waals surface area contributed by atoms with E-state index in [9.17, 15) is 19.3 Å². The van der Waals surface area contributed by atoms with Gasteiger partial charge in [0, 0.05) is 5.56 Å². The molecule has 0 spiro atoms. The number of nitro groups is 1. The van der Waals surface area contributed by atoms with Gasteiger partial charge in [0.25, 0.3) is 5.91 Å². The van der Waals surface area contributed by atoms with Crippen LogP contribution in [0.4, 0.5) is 10.1 Å². The van der Waals surface area contributed by atoms with E-state index in [0.717, 1.165) is 17.1 Å². The van der Waals surface area contributed by atoms with E-state index in [4.69, 9.17) is 9.47 Å². The lowest BCUT2D eigenvalue weighted by molar-refractivity contribution is -0.385. The Labute approximate surface area is 176 Å². The second-order valence-electron chi connectivity index (χ2n) is 6.24. The average molecular weight is 427 g/mol. The fourth-order valence-corrected chi connectivity index (χ4v) is 2.55. The smallest absolute Gasteiger partial charge is 0.307 e. The summed E-state index contributed by atoms with van der Waals surface area (Å²) in [7, 11) is 1.47. The number of carbonyl (C=O) groups excluding carboxylic acids is 1. The molecular formula is C20H18FN5O5. The summed E-state index contributed by atoms with van der Waals surface area (Å²) in [6, 6.07) is 11.3. The summed E-state index contributed by atoms with van der Waals surface area (Å²) >= 11 is 0. The number of hydrogen-bond donors (Lipinski definition) is 1. The number of carbonyl (C=O) groups is 1. The van der Waals surface area contributed by atoms with Crippen LogP contribution in [0.3, 0.4) is 0 Å². The zero-order chi connectivity index (χ0) is 22.2. The lowest BCUT2D eigenvalue weighted by Crippen LogP contribution is -2.23. The third kappa shape index (κ3) is 5.85. The molecule has 2 aromatic carbocycles. The van der Waals surface area contributed by atoms with Gasteiger partial charge in [-0.2, -0.15) is 10.2 Å². The van der Waals surface area contributed by atoms with Gasteiger partial charge in [-0.15, -0.1) is 0 Å². The first kappa shape index (κ1) is 21.4. The number of amides is 1. The molecule has 3 rings (SSSR count). The van der Waals surface area contributed by atoms with Crippen molar-refractivity contribution in [1.82, 2.24) is 15.2 Å². The minimum Gasteiger partial charge on any atom is -0.493 e. The molecule has 0 fully saturated rings. The highest BCUT2D eigenvalue weighted by atomic mass is 19.1. The average Bonchev–Trinajstić information content (AvgIpc) is 3.22. The Morgan fingerprint density at radius 1 is 1.32 bits per heavy atom. The third-order valence-electron chi connectivity index (χ3n) is 4.07. The minimum atomic E-state index is -0.601. The van der Waals surface area contributed by atoms with E-state index in [-0.39, 0.29) is 24.7 Å². The van der Waals surface area contributed by atoms with Gasteiger partial charge in [-0.3, -0.25) is 19.6 Å². The molecule has 0 aliphatic heterocycles. The third-order valence-corrected chi connectivity index (χ3v) is 4.07. The van der Waals surface area contributed by atoms with E-state index in [1.165, 1.54) is 19.4 Å². The number of hydrazone groups is 1. The molecule has 0 saturated carbocycles. The number of nitrogens with one attached hydrogen (secondary N) is 1. The first-order chi connectivity index (χ1) is 15.0. The second-order valence-corrected chi connectivity index (χ2v) is 6.24. The summed E-state index contributed by atoms with van der Waals surface area (Å²) in [5, 5.41) is 18.2. The van der Waals surface area contributed by atoms with E-state index in [1.807, 2.05) is 0 Å². The quantitative estimate of drug-likeness (QED) is 0.318. The van der Waals surface area contributed by atoms with Gasteiger partial charge < -0.3 is 9.47 Å². The molecule has 160 valence electrons. The first-order valence-electron chi connectivity index (χ1n) is 8.99. The molecule has 11 heteroatoms. The topological polar surface area (TPSA) is 121 Å². The van der Waals surface area contributed by atoms with Gasteiger partial charge in [0.05, 0.1) is 18.2 Å². The molecule has 1 heterocycles. The fourth-order valence-electron chi connectivity index (χ4n) is 2.55. The Bertz CT molecular complexity index is 1110. The van der Waals surface area contributed by atoms with Crippen molar-refractivity contribution in [2.45, 2.75) is 13.2 Å². The van der Waals surface area contributed by atoms with Crippen molar-refractivity contribution in [3.8, 4) is 11.5 Å². The van der Waals surface area contributed by atoms with Crippen LogP contribution in [0.15, 0.2) is 60.0 Å². The van der Waals surface area contributed by atoms with Crippen LogP contribution in [0.25, 0.3) is 0 Å². The Kier molecular flexibility index (Phi) is 6.89. The number of nitrogens with zero attached hydrogens (tertiary/aromatic N) is 4. The van der Waals surface area contributed by atoms with E-state index >= 15 is 0 Å². The van der Waals surface area contributed by atoms with Crippen LogP contribution in [0.1, 0.15) is 11.1 Å². The minimum absolute atomic E-state index is 0.0398. The highest BCUT2D eigenvalue weighted by Crippen LogP contribution is 2.28. The summed E-state index contributed by atoms with van der Waals surface area (Å²) in [6.07, 6.45) is 3.60. The van der Waals surface area contributed by atoms with Crippen molar-refractivity contribution >= 4 is 17.8 Å². The molecule has 0 atom stereocenters. The monoisotopic (exact) mass is 427 g/mol. The molecule has 31 heavy (non-hydrogen) atoms. The van der Waals surface area contributed by atoms with Crippen LogP contribution >= 0.6 is 0 Å². The lowest BCUT2D eigenvalue weighted by Gasteiger charge is -2.11. The van der Waals surface area contributed by atoms with Crippen LogP contribution in [0, 0.1) is 15.9 Å². The number of ether oxygens (including phenoxy) is 2. The number of benzene rings is 2. The Balaban J connectivity index is 1.57. The zero-order valence-corrected chi connectivity index (χ0v) is 16.4. The van der Waals surface area contributed by atoms with E-state index in [0.29, 0.717) is 22.6 Å². The first-order valence-corrected chi connectivity index (χ1v) is 8.99. The van der Waals surface area contributed by atoms with Crippen molar-refractivity contribution in [3.63, 3.8) is 0 Å². The number of hydrogen-bond acceptors (Lipinski definition) is 7. The molecule has 1 aromatic heterocycles. The van der Waals surface area contributed by atoms with E-state index in [2.05, 4.69) is 15.6 Å². The molecule has 10 nitrogen and oxygen atoms in total. The molecule has 0 unspecified atom stereocenters. The van der Waals surface area contributed by atoms with Crippen molar-refractivity contribution in [1.29, 1.82) is 0 Å². The highest BCUT2D eigenvalue weighted by Gasteiger charge is 2.11. The van der Waals surface area contributed by atoms with Crippen LogP contribution < -0.4 is 14.9 Å². The molecule has 0 bridgehead atoms. The van der Waals surface area contributed by atoms with Crippen LogP contribution in [-0.2, 0) is 17.9 Å². The van der Waals surface area contributed by atoms with Gasteiger partial charge in [-0.25, -0.2) is 9.82 Å². The summed E-state index contributed by atoms with van der Waals surface area (Å²) in [5.41, 5.74) is 3.13. The Morgan fingerprint density at radius 2 is 2.13 bits per heavy atom. The van der Waals surface area contributed by atoms with Crippen molar-refractivity contribution in [2.75, 3.05) is 7.11 Å². The predicted octanol–water partition coefficient (Wildman–Crippen LogP) is 2.67. The van der Waals surface area contributed by atoms with Gasteiger partial charge in [-0.05, 0) is 29.8 Å². The van der Waals surface area contributed by atoms with E-state index in [1.54, 1.807) is 36.4 Å². The maximum absolute atomic E-state index is 13.7. The number of methoxy groups -OCH3 is 1. The molecule has 0 saturated heterocycles. The fraction of sp³-hybridized carbons (Fsp3) is 0.150. The van der Waals surface area contributed by atoms with Gasteiger partial charge in [-0.1, -0.05) is 18.2 Å². The number of halogens is 1. The number of aromatic nitrogens is 2. The van der Waals surface area contributed by atoms with Crippen LogP contribution in [-0.4, -0.2) is 33.9 Å². The standard InChI is InChI=1S/C20H18FN5O5/c1-30-19-8-14(6-7-18(19)31-13-15-4-2-3-5-17(15)21)9-22-24-20(27)12-25-11-16(10-23-25)26(28)29/h2-11H,12-13H2,1H3,(H,24,27)/b22-9+. The normalized spacial score (nSPS) is 10.8. The molecule has 1 amide bonds. The maximum atomic E-state index is 13.7. The highest BCUT2D eigenvalue weighted by molar-refractivity contribution is 5.83. The molecular weight excluding hydrogens is 409 g/mol. The van der Waals surface area contributed by atoms with Gasteiger partial charge >= 0.3 is 5.69 Å². The molecule has 0 aliphatic carbocycles. The van der Waals surface area contributed by atoms with Crippen molar-refractivity contribution in [2.24, 2.45) is 5.10 Å².